The monoisotopic (exact) mass is 172 g/mol. The highest BCUT2D eigenvalue weighted by molar-refractivity contribution is 4.71. The van der Waals surface area contributed by atoms with E-state index in [1.54, 1.807) is 0 Å². The number of aliphatic hydroxyl groups excluding tert-OH is 1. The molecule has 1 atom stereocenters. The van der Waals surface area contributed by atoms with Crippen molar-refractivity contribution in [3.05, 3.63) is 0 Å². The summed E-state index contributed by atoms with van der Waals surface area (Å²) in [4.78, 5) is 0. The van der Waals surface area contributed by atoms with Gasteiger partial charge in [0.15, 0.2) is 0 Å². The maximum atomic E-state index is 8.84. The normalized spacial score (nSPS) is 14.8. The van der Waals surface area contributed by atoms with E-state index in [2.05, 4.69) is 27.7 Å². The SMILES string of the molecule is CCCC(C)CC(C)(C)CCO. The quantitative estimate of drug-likeness (QED) is 0.652. The Morgan fingerprint density at radius 1 is 1.33 bits per heavy atom. The van der Waals surface area contributed by atoms with E-state index in [0.717, 1.165) is 12.3 Å². The van der Waals surface area contributed by atoms with Gasteiger partial charge >= 0.3 is 0 Å². The van der Waals surface area contributed by atoms with Crippen LogP contribution in [0.3, 0.4) is 0 Å². The predicted octanol–water partition coefficient (Wildman–Crippen LogP) is 3.22. The zero-order chi connectivity index (χ0) is 9.61. The Balaban J connectivity index is 3.70. The van der Waals surface area contributed by atoms with Crippen LogP contribution in [0.5, 0.6) is 0 Å². The molecule has 1 unspecified atom stereocenters. The summed E-state index contributed by atoms with van der Waals surface area (Å²) in [5, 5.41) is 8.84. The average Bonchev–Trinajstić information content (AvgIpc) is 1.85. The summed E-state index contributed by atoms with van der Waals surface area (Å²) in [5.41, 5.74) is 0.323. The van der Waals surface area contributed by atoms with Crippen LogP contribution >= 0.6 is 0 Å². The summed E-state index contributed by atoms with van der Waals surface area (Å²) in [6.07, 6.45) is 4.76. The van der Waals surface area contributed by atoms with Gasteiger partial charge in [0.2, 0.25) is 0 Å². The highest BCUT2D eigenvalue weighted by Crippen LogP contribution is 2.30. The third-order valence-corrected chi connectivity index (χ3v) is 2.47. The maximum absolute atomic E-state index is 8.84. The topological polar surface area (TPSA) is 20.2 Å². The van der Waals surface area contributed by atoms with Crippen LogP contribution in [-0.2, 0) is 0 Å². The number of hydrogen-bond donors (Lipinski definition) is 1. The van der Waals surface area contributed by atoms with E-state index >= 15 is 0 Å². The van der Waals surface area contributed by atoms with Gasteiger partial charge in [-0.15, -0.1) is 0 Å². The molecular formula is C11H24O. The molecule has 12 heavy (non-hydrogen) atoms. The lowest BCUT2D eigenvalue weighted by molar-refractivity contribution is 0.180. The predicted molar refractivity (Wildman–Crippen MR) is 54.2 cm³/mol. The van der Waals surface area contributed by atoms with Crippen molar-refractivity contribution in [2.45, 2.75) is 53.4 Å². The van der Waals surface area contributed by atoms with E-state index in [4.69, 9.17) is 5.11 Å². The highest BCUT2D eigenvalue weighted by atomic mass is 16.3. The number of hydrogen-bond acceptors (Lipinski definition) is 1. The van der Waals surface area contributed by atoms with Crippen LogP contribution in [0.25, 0.3) is 0 Å². The molecule has 0 rings (SSSR count). The standard InChI is InChI=1S/C11H24O/c1-5-6-10(2)9-11(3,4)7-8-12/h10,12H,5-9H2,1-4H3. The minimum absolute atomic E-state index is 0.323. The van der Waals surface area contributed by atoms with Gasteiger partial charge in [-0.05, 0) is 24.2 Å². The molecule has 0 saturated heterocycles. The van der Waals surface area contributed by atoms with Crippen molar-refractivity contribution in [1.82, 2.24) is 0 Å². The van der Waals surface area contributed by atoms with Crippen molar-refractivity contribution in [3.8, 4) is 0 Å². The van der Waals surface area contributed by atoms with Crippen molar-refractivity contribution in [1.29, 1.82) is 0 Å². The van der Waals surface area contributed by atoms with Gasteiger partial charge < -0.3 is 5.11 Å². The molecule has 1 heteroatoms. The van der Waals surface area contributed by atoms with E-state index < -0.39 is 0 Å². The second-order valence-electron chi connectivity index (χ2n) is 4.74. The highest BCUT2D eigenvalue weighted by Gasteiger charge is 2.19. The van der Waals surface area contributed by atoms with Gasteiger partial charge in [-0.1, -0.05) is 40.5 Å². The Morgan fingerprint density at radius 3 is 2.33 bits per heavy atom. The van der Waals surface area contributed by atoms with Crippen LogP contribution in [0, 0.1) is 11.3 Å². The summed E-state index contributed by atoms with van der Waals surface area (Å²) in [6.45, 7) is 9.36. The molecule has 0 fully saturated rings. The summed E-state index contributed by atoms with van der Waals surface area (Å²) in [7, 11) is 0. The van der Waals surface area contributed by atoms with Crippen LogP contribution < -0.4 is 0 Å². The smallest absolute Gasteiger partial charge is 0.0436 e. The molecule has 1 nitrogen and oxygen atoms in total. The fourth-order valence-corrected chi connectivity index (χ4v) is 1.94. The Morgan fingerprint density at radius 2 is 1.92 bits per heavy atom. The van der Waals surface area contributed by atoms with Gasteiger partial charge in [-0.25, -0.2) is 0 Å². The second kappa shape index (κ2) is 5.58. The molecule has 0 heterocycles. The van der Waals surface area contributed by atoms with Crippen LogP contribution in [0.2, 0.25) is 0 Å². The number of rotatable bonds is 6. The Bertz CT molecular complexity index is 108. The van der Waals surface area contributed by atoms with E-state index in [1.165, 1.54) is 19.3 Å². The first-order valence-corrected chi connectivity index (χ1v) is 5.12. The lowest BCUT2D eigenvalue weighted by Crippen LogP contribution is -2.17. The van der Waals surface area contributed by atoms with Crippen LogP contribution in [-0.4, -0.2) is 11.7 Å². The van der Waals surface area contributed by atoms with Crippen LogP contribution in [0.4, 0.5) is 0 Å². The van der Waals surface area contributed by atoms with Gasteiger partial charge in [0.1, 0.15) is 0 Å². The van der Waals surface area contributed by atoms with Crippen molar-refractivity contribution >= 4 is 0 Å². The van der Waals surface area contributed by atoms with Gasteiger partial charge in [0.25, 0.3) is 0 Å². The van der Waals surface area contributed by atoms with Gasteiger partial charge in [0.05, 0.1) is 0 Å². The summed E-state index contributed by atoms with van der Waals surface area (Å²) < 4.78 is 0. The first-order chi connectivity index (χ1) is 5.52. The van der Waals surface area contributed by atoms with Crippen LogP contribution in [0.1, 0.15) is 53.4 Å². The molecule has 74 valence electrons. The Labute approximate surface area is 77.2 Å². The van der Waals surface area contributed by atoms with Crippen molar-refractivity contribution in [3.63, 3.8) is 0 Å². The van der Waals surface area contributed by atoms with Crippen molar-refractivity contribution in [2.75, 3.05) is 6.61 Å². The minimum Gasteiger partial charge on any atom is -0.396 e. The molecule has 0 aromatic rings. The largest absolute Gasteiger partial charge is 0.396 e. The molecule has 0 spiro atoms. The molecule has 0 amide bonds. The third-order valence-electron chi connectivity index (χ3n) is 2.47. The Kier molecular flexibility index (Phi) is 5.56. The molecule has 0 aliphatic rings. The molecule has 0 saturated carbocycles. The summed E-state index contributed by atoms with van der Waals surface area (Å²) in [6, 6.07) is 0. The van der Waals surface area contributed by atoms with Crippen LogP contribution in [0.15, 0.2) is 0 Å². The zero-order valence-corrected chi connectivity index (χ0v) is 9.06. The Hall–Kier alpha value is -0.0400. The van der Waals surface area contributed by atoms with Gasteiger partial charge in [-0.3, -0.25) is 0 Å². The minimum atomic E-state index is 0.323. The first-order valence-electron chi connectivity index (χ1n) is 5.12. The first kappa shape index (κ1) is 12.0. The van der Waals surface area contributed by atoms with E-state index in [0.29, 0.717) is 12.0 Å². The summed E-state index contributed by atoms with van der Waals surface area (Å²) in [5.74, 6) is 0.802. The molecular weight excluding hydrogens is 148 g/mol. The van der Waals surface area contributed by atoms with Crippen molar-refractivity contribution in [2.24, 2.45) is 11.3 Å². The lowest BCUT2D eigenvalue weighted by Gasteiger charge is -2.27. The van der Waals surface area contributed by atoms with Gasteiger partial charge in [-0.2, -0.15) is 0 Å². The fourth-order valence-electron chi connectivity index (χ4n) is 1.94. The second-order valence-corrected chi connectivity index (χ2v) is 4.74. The molecule has 0 bridgehead atoms. The summed E-state index contributed by atoms with van der Waals surface area (Å²) >= 11 is 0. The molecule has 0 aliphatic heterocycles. The molecule has 0 radical (unpaired) electrons. The zero-order valence-electron chi connectivity index (χ0n) is 9.06. The molecule has 1 N–H and O–H groups in total. The van der Waals surface area contributed by atoms with E-state index in [1.807, 2.05) is 0 Å². The van der Waals surface area contributed by atoms with Crippen molar-refractivity contribution < 1.29 is 5.11 Å². The third kappa shape index (κ3) is 5.59. The fraction of sp³-hybridized carbons (Fsp3) is 1.00. The number of aliphatic hydroxyl groups is 1. The maximum Gasteiger partial charge on any atom is 0.0436 e. The van der Waals surface area contributed by atoms with E-state index in [9.17, 15) is 0 Å². The van der Waals surface area contributed by atoms with E-state index in [-0.39, 0.29) is 0 Å². The average molecular weight is 172 g/mol. The molecule has 0 aliphatic carbocycles. The van der Waals surface area contributed by atoms with Gasteiger partial charge in [0, 0.05) is 6.61 Å². The molecule has 0 aromatic carbocycles. The molecule has 0 aromatic heterocycles. The lowest BCUT2D eigenvalue weighted by atomic mass is 9.80.